The second kappa shape index (κ2) is 9.14. The van der Waals surface area contributed by atoms with Crippen molar-refractivity contribution in [2.24, 2.45) is 10.9 Å². The van der Waals surface area contributed by atoms with E-state index >= 15 is 0 Å². The fourth-order valence-electron chi connectivity index (χ4n) is 4.32. The molecular formula is C27H28N4O2. The van der Waals surface area contributed by atoms with Gasteiger partial charge in [0.05, 0.1) is 12.8 Å². The molecule has 0 radical (unpaired) electrons. The van der Waals surface area contributed by atoms with Crippen LogP contribution in [0, 0.1) is 5.92 Å². The normalized spacial score (nSPS) is 16.9. The summed E-state index contributed by atoms with van der Waals surface area (Å²) in [4.78, 5) is 29.1. The summed E-state index contributed by atoms with van der Waals surface area (Å²) < 4.78 is 5.17. The van der Waals surface area contributed by atoms with Crippen molar-refractivity contribution in [3.05, 3.63) is 77.4 Å². The molecule has 0 aromatic carbocycles. The van der Waals surface area contributed by atoms with Crippen LogP contribution in [0.2, 0.25) is 0 Å². The summed E-state index contributed by atoms with van der Waals surface area (Å²) in [6, 6.07) is 7.51. The number of hydrogen-bond acceptors (Lipinski definition) is 5. The molecule has 2 aromatic rings. The number of methoxy groups -OCH3 is 1. The van der Waals surface area contributed by atoms with Gasteiger partial charge in [-0.1, -0.05) is 23.8 Å². The number of carbonyl (C=O) groups excluding carboxylic acids is 1. The average Bonchev–Trinajstić information content (AvgIpc) is 3.59. The number of pyridine rings is 2. The van der Waals surface area contributed by atoms with Gasteiger partial charge in [0.1, 0.15) is 5.69 Å². The average molecular weight is 441 g/mol. The molecular weight excluding hydrogens is 412 g/mol. The van der Waals surface area contributed by atoms with Crippen molar-refractivity contribution >= 4 is 11.6 Å². The Morgan fingerprint density at radius 2 is 2.09 bits per heavy atom. The fraction of sp³-hybridized carbons (Fsp3) is 0.333. The lowest BCUT2D eigenvalue weighted by Gasteiger charge is -2.24. The summed E-state index contributed by atoms with van der Waals surface area (Å²) in [6.45, 7) is 3.55. The van der Waals surface area contributed by atoms with Gasteiger partial charge in [-0.05, 0) is 49.8 Å². The highest BCUT2D eigenvalue weighted by atomic mass is 16.5. The van der Waals surface area contributed by atoms with E-state index in [4.69, 9.17) is 4.74 Å². The van der Waals surface area contributed by atoms with E-state index in [9.17, 15) is 4.79 Å². The number of rotatable bonds is 8. The third kappa shape index (κ3) is 4.65. The van der Waals surface area contributed by atoms with E-state index in [1.807, 2.05) is 29.3 Å². The van der Waals surface area contributed by atoms with Crippen LogP contribution in [0.3, 0.4) is 0 Å². The van der Waals surface area contributed by atoms with Gasteiger partial charge >= 0.3 is 0 Å². The minimum Gasteiger partial charge on any atom is -0.481 e. The highest BCUT2D eigenvalue weighted by molar-refractivity contribution is 6.08. The van der Waals surface area contributed by atoms with Gasteiger partial charge in [-0.3, -0.25) is 14.8 Å². The van der Waals surface area contributed by atoms with Gasteiger partial charge in [-0.25, -0.2) is 4.98 Å². The van der Waals surface area contributed by atoms with Crippen LogP contribution in [0.1, 0.15) is 43.1 Å². The zero-order valence-electron chi connectivity index (χ0n) is 19.1. The molecule has 0 N–H and O–H groups in total. The number of fused-ring (bicyclic) bond motifs is 1. The van der Waals surface area contributed by atoms with Crippen LogP contribution in [0.4, 0.5) is 0 Å². The van der Waals surface area contributed by atoms with Crippen LogP contribution < -0.4 is 4.74 Å². The molecule has 2 aliphatic carbocycles. The number of hydrogen-bond donors (Lipinski definition) is 0. The molecule has 0 atom stereocenters. The number of carbonyl (C=O) groups is 1. The van der Waals surface area contributed by atoms with Crippen molar-refractivity contribution in [1.29, 1.82) is 0 Å². The van der Waals surface area contributed by atoms with Gasteiger partial charge < -0.3 is 9.64 Å². The second-order valence-electron chi connectivity index (χ2n) is 8.87. The maximum Gasteiger partial charge on any atom is 0.273 e. The number of nitrogens with zero attached hydrogens (tertiary/aromatic N) is 4. The Bertz CT molecular complexity index is 1190. The molecule has 168 valence electrons. The first kappa shape index (κ1) is 21.3. The quantitative estimate of drug-likeness (QED) is 0.579. The highest BCUT2D eigenvalue weighted by Crippen LogP contribution is 2.33. The minimum absolute atomic E-state index is 0.0262. The zero-order chi connectivity index (χ0) is 22.8. The van der Waals surface area contributed by atoms with Crippen molar-refractivity contribution in [2.75, 3.05) is 20.2 Å². The Balaban J connectivity index is 1.36. The molecule has 0 unspecified atom stereocenters. The van der Waals surface area contributed by atoms with E-state index in [-0.39, 0.29) is 5.91 Å². The molecule has 1 fully saturated rings. The lowest BCUT2D eigenvalue weighted by Crippen LogP contribution is -2.35. The SMILES string of the molecule is COc1ccc(-c2cccnc2C(=O)N(CCC2=CN=C3CC=C(C)C=C23)CC2CC2)cn1. The third-order valence-corrected chi connectivity index (χ3v) is 6.40. The van der Waals surface area contributed by atoms with Gasteiger partial charge in [0.25, 0.3) is 5.91 Å². The zero-order valence-corrected chi connectivity index (χ0v) is 19.1. The summed E-state index contributed by atoms with van der Waals surface area (Å²) in [5.74, 6) is 1.10. The van der Waals surface area contributed by atoms with E-state index in [1.165, 1.54) is 29.6 Å². The topological polar surface area (TPSA) is 67.7 Å². The van der Waals surface area contributed by atoms with Crippen molar-refractivity contribution in [2.45, 2.75) is 32.6 Å². The maximum atomic E-state index is 13.7. The minimum atomic E-state index is -0.0262. The molecule has 6 heteroatoms. The molecule has 1 aliphatic heterocycles. The summed E-state index contributed by atoms with van der Waals surface area (Å²) in [7, 11) is 1.59. The van der Waals surface area contributed by atoms with Crippen molar-refractivity contribution in [1.82, 2.24) is 14.9 Å². The first-order valence-electron chi connectivity index (χ1n) is 11.5. The van der Waals surface area contributed by atoms with Gasteiger partial charge in [-0.15, -0.1) is 0 Å². The molecule has 3 aliphatic rings. The fourth-order valence-corrected chi connectivity index (χ4v) is 4.32. The van der Waals surface area contributed by atoms with Crippen molar-refractivity contribution in [3.63, 3.8) is 0 Å². The monoisotopic (exact) mass is 440 g/mol. The Morgan fingerprint density at radius 3 is 2.85 bits per heavy atom. The Hall–Kier alpha value is -3.54. The van der Waals surface area contributed by atoms with E-state index < -0.39 is 0 Å². The molecule has 5 rings (SSSR count). The number of allylic oxidation sites excluding steroid dienone is 4. The van der Waals surface area contributed by atoms with Crippen LogP contribution in [-0.4, -0.2) is 46.7 Å². The summed E-state index contributed by atoms with van der Waals surface area (Å²) in [6.07, 6.45) is 13.9. The number of aliphatic imine (C=N–C) groups is 1. The molecule has 0 spiro atoms. The second-order valence-corrected chi connectivity index (χ2v) is 8.87. The van der Waals surface area contributed by atoms with E-state index in [0.717, 1.165) is 36.2 Å². The predicted octanol–water partition coefficient (Wildman–Crippen LogP) is 5.01. The first-order valence-corrected chi connectivity index (χ1v) is 11.5. The largest absolute Gasteiger partial charge is 0.481 e. The van der Waals surface area contributed by atoms with Crippen molar-refractivity contribution < 1.29 is 9.53 Å². The molecule has 1 amide bonds. The van der Waals surface area contributed by atoms with E-state index in [2.05, 4.69) is 34.0 Å². The smallest absolute Gasteiger partial charge is 0.273 e. The Kier molecular flexibility index (Phi) is 5.90. The van der Waals surface area contributed by atoms with Crippen LogP contribution in [0.25, 0.3) is 11.1 Å². The highest BCUT2D eigenvalue weighted by Gasteiger charge is 2.30. The van der Waals surface area contributed by atoms with Gasteiger partial charge in [0, 0.05) is 60.9 Å². The number of ether oxygens (including phenoxy) is 1. The third-order valence-electron chi connectivity index (χ3n) is 6.40. The molecule has 1 saturated carbocycles. The van der Waals surface area contributed by atoms with Crippen LogP contribution in [0.5, 0.6) is 5.88 Å². The molecule has 3 heterocycles. The van der Waals surface area contributed by atoms with Gasteiger partial charge in [0.15, 0.2) is 0 Å². The van der Waals surface area contributed by atoms with Crippen LogP contribution in [-0.2, 0) is 0 Å². The molecule has 33 heavy (non-hydrogen) atoms. The molecule has 2 aromatic heterocycles. The molecule has 0 bridgehead atoms. The molecule has 6 nitrogen and oxygen atoms in total. The lowest BCUT2D eigenvalue weighted by atomic mass is 9.93. The van der Waals surface area contributed by atoms with E-state index in [0.29, 0.717) is 24.0 Å². The number of aromatic nitrogens is 2. The number of amides is 1. The van der Waals surface area contributed by atoms with Gasteiger partial charge in [-0.2, -0.15) is 0 Å². The van der Waals surface area contributed by atoms with Crippen LogP contribution >= 0.6 is 0 Å². The van der Waals surface area contributed by atoms with Crippen molar-refractivity contribution in [3.8, 4) is 17.0 Å². The van der Waals surface area contributed by atoms with Gasteiger partial charge in [0.2, 0.25) is 5.88 Å². The first-order chi connectivity index (χ1) is 16.1. The van der Waals surface area contributed by atoms with E-state index in [1.54, 1.807) is 25.6 Å². The van der Waals surface area contributed by atoms with Crippen LogP contribution in [0.15, 0.2) is 76.7 Å². The summed E-state index contributed by atoms with van der Waals surface area (Å²) in [5.41, 5.74) is 6.97. The predicted molar refractivity (Wildman–Crippen MR) is 129 cm³/mol. The standard InChI is InChI=1S/C27H28N4O2/c1-18-5-9-24-23(14-18)21(15-29-24)11-13-31(17-19-6-7-19)27(32)26-22(4-3-12-28-26)20-8-10-25(33-2)30-16-20/h3-5,8,10,12,14-16,19H,6-7,9,11,13,17H2,1-2H3. The maximum absolute atomic E-state index is 13.7. The Morgan fingerprint density at radius 1 is 1.21 bits per heavy atom. The summed E-state index contributed by atoms with van der Waals surface area (Å²) in [5, 5.41) is 0. The Labute approximate surface area is 194 Å². The lowest BCUT2D eigenvalue weighted by molar-refractivity contribution is 0.0745. The molecule has 0 saturated heterocycles. The summed E-state index contributed by atoms with van der Waals surface area (Å²) >= 11 is 0.